The molecule has 1 atom stereocenters. The van der Waals surface area contributed by atoms with Crippen LogP contribution in [0.2, 0.25) is 10.0 Å². The molecule has 4 nitrogen and oxygen atoms in total. The van der Waals surface area contributed by atoms with Crippen LogP contribution >= 0.6 is 23.2 Å². The van der Waals surface area contributed by atoms with Crippen LogP contribution in [0.4, 0.5) is 4.39 Å². The van der Waals surface area contributed by atoms with Crippen molar-refractivity contribution in [3.63, 3.8) is 0 Å². The number of benzene rings is 2. The molecular formula is C18H16Cl2FNO3. The fourth-order valence-corrected chi connectivity index (χ4v) is 2.78. The van der Waals surface area contributed by atoms with Crippen molar-refractivity contribution >= 4 is 35.1 Å². The van der Waals surface area contributed by atoms with Gasteiger partial charge in [-0.1, -0.05) is 47.5 Å². The minimum Gasteiger partial charge on any atom is -0.455 e. The zero-order chi connectivity index (χ0) is 18.4. The maximum atomic E-state index is 13.5. The Morgan fingerprint density at radius 1 is 1.20 bits per heavy atom. The van der Waals surface area contributed by atoms with E-state index in [0.29, 0.717) is 15.6 Å². The van der Waals surface area contributed by atoms with Crippen molar-refractivity contribution < 1.29 is 18.7 Å². The van der Waals surface area contributed by atoms with Gasteiger partial charge in [0, 0.05) is 10.0 Å². The molecule has 0 saturated carbocycles. The van der Waals surface area contributed by atoms with Crippen molar-refractivity contribution in [3.05, 3.63) is 69.5 Å². The highest BCUT2D eigenvalue weighted by molar-refractivity contribution is 6.35. The fraction of sp³-hybridized carbons (Fsp3) is 0.222. The zero-order valence-electron chi connectivity index (χ0n) is 13.4. The second-order valence-electron chi connectivity index (χ2n) is 5.38. The van der Waals surface area contributed by atoms with E-state index in [0.717, 1.165) is 0 Å². The Morgan fingerprint density at radius 3 is 2.60 bits per heavy atom. The van der Waals surface area contributed by atoms with Crippen LogP contribution in [0.5, 0.6) is 0 Å². The quantitative estimate of drug-likeness (QED) is 0.764. The second kappa shape index (κ2) is 8.83. The molecule has 0 fully saturated rings. The molecule has 1 amide bonds. The first kappa shape index (κ1) is 19.2. The molecule has 0 aromatic heterocycles. The van der Waals surface area contributed by atoms with Crippen molar-refractivity contribution in [3.8, 4) is 0 Å². The Balaban J connectivity index is 1.83. The van der Waals surface area contributed by atoms with Crippen LogP contribution in [-0.2, 0) is 20.7 Å². The van der Waals surface area contributed by atoms with E-state index in [4.69, 9.17) is 27.9 Å². The maximum absolute atomic E-state index is 13.5. The number of esters is 1. The van der Waals surface area contributed by atoms with E-state index in [1.807, 2.05) is 0 Å². The zero-order valence-corrected chi connectivity index (χ0v) is 14.9. The van der Waals surface area contributed by atoms with Crippen LogP contribution in [0.1, 0.15) is 24.1 Å². The topological polar surface area (TPSA) is 55.4 Å². The molecule has 1 N–H and O–H groups in total. The minimum atomic E-state index is -0.683. The van der Waals surface area contributed by atoms with Gasteiger partial charge in [-0.2, -0.15) is 0 Å². The van der Waals surface area contributed by atoms with Crippen molar-refractivity contribution in [2.24, 2.45) is 0 Å². The molecule has 0 radical (unpaired) electrons. The SMILES string of the molecule is C[C@H](NC(=O)COC(=O)Cc1ccccc1F)c1ccc(Cl)cc1Cl. The van der Waals surface area contributed by atoms with E-state index in [-0.39, 0.29) is 18.0 Å². The monoisotopic (exact) mass is 383 g/mol. The van der Waals surface area contributed by atoms with E-state index in [9.17, 15) is 14.0 Å². The third-order valence-corrected chi connectivity index (χ3v) is 4.03. The molecule has 0 heterocycles. The predicted octanol–water partition coefficient (Wildman–Crippen LogP) is 4.10. The lowest BCUT2D eigenvalue weighted by atomic mass is 10.1. The van der Waals surface area contributed by atoms with Crippen molar-refractivity contribution in [2.75, 3.05) is 6.61 Å². The molecule has 0 unspecified atom stereocenters. The van der Waals surface area contributed by atoms with Gasteiger partial charge in [0.05, 0.1) is 12.5 Å². The number of nitrogens with one attached hydrogen (secondary N) is 1. The molecule has 132 valence electrons. The molecule has 0 aliphatic rings. The molecular weight excluding hydrogens is 368 g/mol. The number of carbonyl (C=O) groups excluding carboxylic acids is 2. The van der Waals surface area contributed by atoms with Gasteiger partial charge in [0.2, 0.25) is 0 Å². The summed E-state index contributed by atoms with van der Waals surface area (Å²) in [5.74, 6) is -1.66. The first-order chi connectivity index (χ1) is 11.9. The summed E-state index contributed by atoms with van der Waals surface area (Å²) in [6.45, 7) is 1.29. The summed E-state index contributed by atoms with van der Waals surface area (Å²) >= 11 is 11.9. The van der Waals surface area contributed by atoms with E-state index in [1.165, 1.54) is 18.2 Å². The first-order valence-electron chi connectivity index (χ1n) is 7.50. The summed E-state index contributed by atoms with van der Waals surface area (Å²) in [5, 5.41) is 3.59. The van der Waals surface area contributed by atoms with E-state index in [1.54, 1.807) is 31.2 Å². The van der Waals surface area contributed by atoms with Gasteiger partial charge in [-0.05, 0) is 36.2 Å². The van der Waals surface area contributed by atoms with E-state index >= 15 is 0 Å². The Bertz CT molecular complexity index is 783. The van der Waals surface area contributed by atoms with Gasteiger partial charge in [-0.3, -0.25) is 9.59 Å². The lowest BCUT2D eigenvalue weighted by molar-refractivity contribution is -0.148. The molecule has 7 heteroatoms. The molecule has 0 saturated heterocycles. The highest BCUT2D eigenvalue weighted by Crippen LogP contribution is 2.25. The molecule has 2 rings (SSSR count). The van der Waals surface area contributed by atoms with Crippen molar-refractivity contribution in [2.45, 2.75) is 19.4 Å². The molecule has 25 heavy (non-hydrogen) atoms. The summed E-state index contributed by atoms with van der Waals surface area (Å²) in [4.78, 5) is 23.6. The molecule has 2 aromatic rings. The van der Waals surface area contributed by atoms with Gasteiger partial charge in [0.15, 0.2) is 6.61 Å². The summed E-state index contributed by atoms with van der Waals surface area (Å²) in [5.41, 5.74) is 0.909. The highest BCUT2D eigenvalue weighted by Gasteiger charge is 2.15. The Morgan fingerprint density at radius 2 is 1.92 bits per heavy atom. The standard InChI is InChI=1S/C18H16Cl2FNO3/c1-11(14-7-6-13(19)9-15(14)20)22-17(23)10-25-18(24)8-12-4-2-3-5-16(12)21/h2-7,9,11H,8,10H2,1H3,(H,22,23)/t11-/m0/s1. The normalized spacial score (nSPS) is 11.7. The molecule has 2 aromatic carbocycles. The van der Waals surface area contributed by atoms with Crippen LogP contribution < -0.4 is 5.32 Å². The number of hydrogen-bond acceptors (Lipinski definition) is 3. The number of rotatable bonds is 6. The highest BCUT2D eigenvalue weighted by atomic mass is 35.5. The third kappa shape index (κ3) is 5.73. The van der Waals surface area contributed by atoms with Crippen LogP contribution in [-0.4, -0.2) is 18.5 Å². The van der Waals surface area contributed by atoms with Crippen LogP contribution in [0, 0.1) is 5.82 Å². The Hall–Kier alpha value is -2.11. The maximum Gasteiger partial charge on any atom is 0.310 e. The van der Waals surface area contributed by atoms with E-state index < -0.39 is 24.3 Å². The summed E-state index contributed by atoms with van der Waals surface area (Å²) in [7, 11) is 0. The van der Waals surface area contributed by atoms with Gasteiger partial charge in [-0.25, -0.2) is 4.39 Å². The molecule has 0 bridgehead atoms. The summed E-state index contributed by atoms with van der Waals surface area (Å²) < 4.78 is 18.3. The van der Waals surface area contributed by atoms with E-state index in [2.05, 4.69) is 5.32 Å². The number of hydrogen-bond donors (Lipinski definition) is 1. The molecule has 0 aliphatic carbocycles. The van der Waals surface area contributed by atoms with Gasteiger partial charge in [0.1, 0.15) is 5.82 Å². The number of carbonyl (C=O) groups is 2. The van der Waals surface area contributed by atoms with Gasteiger partial charge in [0.25, 0.3) is 5.91 Å². The average Bonchev–Trinajstić information content (AvgIpc) is 2.55. The second-order valence-corrected chi connectivity index (χ2v) is 6.23. The van der Waals surface area contributed by atoms with Crippen molar-refractivity contribution in [1.82, 2.24) is 5.32 Å². The lowest BCUT2D eigenvalue weighted by Crippen LogP contribution is -2.31. The number of halogens is 3. The lowest BCUT2D eigenvalue weighted by Gasteiger charge is -2.16. The number of amides is 1. The minimum absolute atomic E-state index is 0.217. The third-order valence-electron chi connectivity index (χ3n) is 3.46. The van der Waals surface area contributed by atoms with Gasteiger partial charge in [-0.15, -0.1) is 0 Å². The largest absolute Gasteiger partial charge is 0.455 e. The predicted molar refractivity (Wildman–Crippen MR) is 94.1 cm³/mol. The smallest absolute Gasteiger partial charge is 0.310 e. The first-order valence-corrected chi connectivity index (χ1v) is 8.25. The average molecular weight is 384 g/mol. The molecule has 0 spiro atoms. The van der Waals surface area contributed by atoms with Crippen LogP contribution in [0.25, 0.3) is 0 Å². The Kier molecular flexibility index (Phi) is 6.79. The number of ether oxygens (including phenoxy) is 1. The summed E-state index contributed by atoms with van der Waals surface area (Å²) in [6, 6.07) is 10.5. The molecule has 0 aliphatic heterocycles. The van der Waals surface area contributed by atoms with Gasteiger partial charge < -0.3 is 10.1 Å². The van der Waals surface area contributed by atoms with Gasteiger partial charge >= 0.3 is 5.97 Å². The summed E-state index contributed by atoms with van der Waals surface area (Å²) in [6.07, 6.45) is -0.238. The van der Waals surface area contributed by atoms with Crippen LogP contribution in [0.3, 0.4) is 0 Å². The van der Waals surface area contributed by atoms with Crippen LogP contribution in [0.15, 0.2) is 42.5 Å². The van der Waals surface area contributed by atoms with Crippen molar-refractivity contribution in [1.29, 1.82) is 0 Å². The fourth-order valence-electron chi connectivity index (χ4n) is 2.21. The Labute approximate surface area is 154 Å².